The maximum absolute atomic E-state index is 11.8. The number of rotatable bonds is 9. The third kappa shape index (κ3) is 6.05. The van der Waals surface area contributed by atoms with Crippen LogP contribution in [0.3, 0.4) is 0 Å². The van der Waals surface area contributed by atoms with Crippen molar-refractivity contribution in [2.24, 2.45) is 5.73 Å². The molecule has 0 radical (unpaired) electrons. The van der Waals surface area contributed by atoms with Crippen LogP contribution in [0.5, 0.6) is 0 Å². The van der Waals surface area contributed by atoms with Crippen molar-refractivity contribution >= 4 is 5.91 Å². The van der Waals surface area contributed by atoms with Crippen molar-refractivity contribution in [2.75, 3.05) is 40.0 Å². The third-order valence-electron chi connectivity index (χ3n) is 2.47. The summed E-state index contributed by atoms with van der Waals surface area (Å²) < 4.78 is 10.1. The van der Waals surface area contributed by atoms with E-state index in [4.69, 9.17) is 15.2 Å². The zero-order valence-corrected chi connectivity index (χ0v) is 10.6. The van der Waals surface area contributed by atoms with Crippen molar-refractivity contribution in [3.63, 3.8) is 0 Å². The first-order valence-electron chi connectivity index (χ1n) is 5.73. The Balaban J connectivity index is 4.09. The molecule has 0 saturated heterocycles. The van der Waals surface area contributed by atoms with Gasteiger partial charge in [-0.15, -0.1) is 0 Å². The molecule has 0 aliphatic rings. The Bertz CT molecular complexity index is 188. The molecule has 0 aromatic carbocycles. The standard InChI is InChI=1S/C11H24N2O3/c1-4-10(2)13(6-8-15-3)11(14)9-16-7-5-12/h10H,4-9,12H2,1-3H3. The first-order chi connectivity index (χ1) is 7.67. The van der Waals surface area contributed by atoms with Gasteiger partial charge < -0.3 is 20.1 Å². The number of hydrogen-bond acceptors (Lipinski definition) is 4. The summed E-state index contributed by atoms with van der Waals surface area (Å²) >= 11 is 0. The van der Waals surface area contributed by atoms with Crippen molar-refractivity contribution < 1.29 is 14.3 Å². The fourth-order valence-corrected chi connectivity index (χ4v) is 1.33. The second-order valence-electron chi connectivity index (χ2n) is 3.68. The molecule has 2 N–H and O–H groups in total. The summed E-state index contributed by atoms with van der Waals surface area (Å²) in [6, 6.07) is 0.212. The predicted molar refractivity (Wildman–Crippen MR) is 63.2 cm³/mol. The maximum atomic E-state index is 11.8. The Morgan fingerprint density at radius 2 is 2.12 bits per heavy atom. The molecule has 0 fully saturated rings. The SMILES string of the molecule is CCC(C)N(CCOC)C(=O)COCCN. The molecular formula is C11H24N2O3. The lowest BCUT2D eigenvalue weighted by molar-refractivity contribution is -0.138. The zero-order valence-electron chi connectivity index (χ0n) is 10.6. The molecule has 5 heteroatoms. The third-order valence-corrected chi connectivity index (χ3v) is 2.47. The van der Waals surface area contributed by atoms with Crippen molar-refractivity contribution in [2.45, 2.75) is 26.3 Å². The number of carbonyl (C=O) groups excluding carboxylic acids is 1. The van der Waals surface area contributed by atoms with Crippen LogP contribution in [0.4, 0.5) is 0 Å². The molecule has 0 rings (SSSR count). The quantitative estimate of drug-likeness (QED) is 0.578. The van der Waals surface area contributed by atoms with Crippen LogP contribution in [0, 0.1) is 0 Å². The molecule has 5 nitrogen and oxygen atoms in total. The topological polar surface area (TPSA) is 64.8 Å². The average molecular weight is 232 g/mol. The van der Waals surface area contributed by atoms with Crippen LogP contribution in [0.25, 0.3) is 0 Å². The Morgan fingerprint density at radius 3 is 2.62 bits per heavy atom. The number of methoxy groups -OCH3 is 1. The smallest absolute Gasteiger partial charge is 0.248 e. The van der Waals surface area contributed by atoms with Crippen LogP contribution in [0.15, 0.2) is 0 Å². The normalized spacial score (nSPS) is 12.5. The number of carbonyl (C=O) groups is 1. The largest absolute Gasteiger partial charge is 0.383 e. The van der Waals surface area contributed by atoms with E-state index in [1.54, 1.807) is 12.0 Å². The van der Waals surface area contributed by atoms with E-state index in [0.29, 0.717) is 26.3 Å². The highest BCUT2D eigenvalue weighted by Gasteiger charge is 2.18. The fourth-order valence-electron chi connectivity index (χ4n) is 1.33. The Kier molecular flexibility index (Phi) is 9.18. The van der Waals surface area contributed by atoms with E-state index in [0.717, 1.165) is 6.42 Å². The molecule has 1 unspecified atom stereocenters. The summed E-state index contributed by atoms with van der Waals surface area (Å²) in [6.07, 6.45) is 0.923. The molecule has 1 amide bonds. The van der Waals surface area contributed by atoms with Gasteiger partial charge in [0.05, 0.1) is 13.2 Å². The molecule has 96 valence electrons. The second kappa shape index (κ2) is 9.57. The molecule has 0 aliphatic carbocycles. The molecule has 0 bridgehead atoms. The van der Waals surface area contributed by atoms with Gasteiger partial charge in [0.2, 0.25) is 5.91 Å². The van der Waals surface area contributed by atoms with Crippen LogP contribution in [0.2, 0.25) is 0 Å². The van der Waals surface area contributed by atoms with Crippen LogP contribution in [-0.2, 0) is 14.3 Å². The minimum Gasteiger partial charge on any atom is -0.383 e. The van der Waals surface area contributed by atoms with Crippen molar-refractivity contribution in [1.29, 1.82) is 0 Å². The fraction of sp³-hybridized carbons (Fsp3) is 0.909. The van der Waals surface area contributed by atoms with Crippen molar-refractivity contribution in [1.82, 2.24) is 4.90 Å². The summed E-state index contributed by atoms with van der Waals surface area (Å²) in [6.45, 7) is 6.20. The molecule has 0 heterocycles. The minimum atomic E-state index is -0.000139. The summed E-state index contributed by atoms with van der Waals surface area (Å²) in [7, 11) is 1.63. The highest BCUT2D eigenvalue weighted by Crippen LogP contribution is 2.04. The van der Waals surface area contributed by atoms with Gasteiger partial charge in [-0.3, -0.25) is 4.79 Å². The number of ether oxygens (including phenoxy) is 2. The zero-order chi connectivity index (χ0) is 12.4. The number of hydrogen-bond donors (Lipinski definition) is 1. The number of nitrogens with zero attached hydrogens (tertiary/aromatic N) is 1. The van der Waals surface area contributed by atoms with E-state index in [2.05, 4.69) is 6.92 Å². The first-order valence-corrected chi connectivity index (χ1v) is 5.73. The summed E-state index contributed by atoms with van der Waals surface area (Å²) in [5.74, 6) is -0.000139. The van der Waals surface area contributed by atoms with E-state index < -0.39 is 0 Å². The molecule has 0 aromatic heterocycles. The molecule has 0 aromatic rings. The van der Waals surface area contributed by atoms with Crippen molar-refractivity contribution in [3.05, 3.63) is 0 Å². The van der Waals surface area contributed by atoms with E-state index >= 15 is 0 Å². The van der Waals surface area contributed by atoms with Crippen LogP contribution in [-0.4, -0.2) is 56.9 Å². The van der Waals surface area contributed by atoms with E-state index in [-0.39, 0.29) is 18.6 Å². The Morgan fingerprint density at radius 1 is 1.44 bits per heavy atom. The first kappa shape index (κ1) is 15.3. The molecular weight excluding hydrogens is 208 g/mol. The molecule has 1 atom stereocenters. The molecule has 0 spiro atoms. The molecule has 0 aliphatic heterocycles. The number of amides is 1. The van der Waals surface area contributed by atoms with Crippen LogP contribution < -0.4 is 5.73 Å². The maximum Gasteiger partial charge on any atom is 0.248 e. The highest BCUT2D eigenvalue weighted by atomic mass is 16.5. The van der Waals surface area contributed by atoms with Gasteiger partial charge in [-0.2, -0.15) is 0 Å². The summed E-state index contributed by atoms with van der Waals surface area (Å²) in [5.41, 5.74) is 5.29. The van der Waals surface area contributed by atoms with Gasteiger partial charge in [0.1, 0.15) is 6.61 Å². The van der Waals surface area contributed by atoms with Gasteiger partial charge in [0, 0.05) is 26.2 Å². The van der Waals surface area contributed by atoms with Crippen LogP contribution in [0.1, 0.15) is 20.3 Å². The van der Waals surface area contributed by atoms with Gasteiger partial charge in [0.15, 0.2) is 0 Å². The van der Waals surface area contributed by atoms with E-state index in [1.165, 1.54) is 0 Å². The Hall–Kier alpha value is -0.650. The number of nitrogens with two attached hydrogens (primary N) is 1. The summed E-state index contributed by atoms with van der Waals surface area (Å²) in [4.78, 5) is 13.6. The average Bonchev–Trinajstić information content (AvgIpc) is 2.29. The van der Waals surface area contributed by atoms with Gasteiger partial charge in [-0.05, 0) is 13.3 Å². The van der Waals surface area contributed by atoms with E-state index in [9.17, 15) is 4.79 Å². The minimum absolute atomic E-state index is 0.000139. The predicted octanol–water partition coefficient (Wildman–Crippen LogP) is 0.235. The van der Waals surface area contributed by atoms with Crippen LogP contribution >= 0.6 is 0 Å². The lowest BCUT2D eigenvalue weighted by Crippen LogP contribution is -2.42. The van der Waals surface area contributed by atoms with E-state index in [1.807, 2.05) is 6.92 Å². The van der Waals surface area contributed by atoms with Crippen molar-refractivity contribution in [3.8, 4) is 0 Å². The summed E-state index contributed by atoms with van der Waals surface area (Å²) in [5, 5.41) is 0. The van der Waals surface area contributed by atoms with Gasteiger partial charge >= 0.3 is 0 Å². The monoisotopic (exact) mass is 232 g/mol. The lowest BCUT2D eigenvalue weighted by atomic mass is 10.2. The van der Waals surface area contributed by atoms with Gasteiger partial charge in [0.25, 0.3) is 0 Å². The lowest BCUT2D eigenvalue weighted by Gasteiger charge is -2.28. The van der Waals surface area contributed by atoms with Gasteiger partial charge in [-0.25, -0.2) is 0 Å². The molecule has 0 saturated carbocycles. The second-order valence-corrected chi connectivity index (χ2v) is 3.68. The highest BCUT2D eigenvalue weighted by molar-refractivity contribution is 5.77. The molecule has 16 heavy (non-hydrogen) atoms. The van der Waals surface area contributed by atoms with Gasteiger partial charge in [-0.1, -0.05) is 6.92 Å². The Labute approximate surface area is 97.9 Å².